The minimum absolute atomic E-state index is 0.0612. The Hall–Kier alpha value is -3.10. The van der Waals surface area contributed by atoms with Crippen LogP contribution in [0.1, 0.15) is 114 Å². The van der Waals surface area contributed by atoms with Crippen molar-refractivity contribution in [3.05, 3.63) is 164 Å². The van der Waals surface area contributed by atoms with E-state index >= 15 is 0 Å². The second-order valence-electron chi connectivity index (χ2n) is 22.2. The van der Waals surface area contributed by atoms with E-state index in [0.29, 0.717) is 71.4 Å². The number of benzene rings is 4. The summed E-state index contributed by atoms with van der Waals surface area (Å²) in [4.78, 5) is 26.0. The third kappa shape index (κ3) is 32.1. The Morgan fingerprint density at radius 3 is 1.16 bits per heavy atom. The summed E-state index contributed by atoms with van der Waals surface area (Å²) in [6.45, 7) is 53.0. The number of aliphatic hydroxyl groups is 2. The van der Waals surface area contributed by atoms with E-state index in [1.54, 1.807) is 30.9 Å². The maximum Gasteiger partial charge on any atom is 0.404 e. The molecule has 0 fully saturated rings. The average molecular weight is 1220 g/mol. The van der Waals surface area contributed by atoms with Crippen LogP contribution in [0.15, 0.2) is 97.1 Å². The number of aliphatic hydroxyl groups excluding tert-OH is 2. The van der Waals surface area contributed by atoms with Gasteiger partial charge in [-0.25, -0.2) is 22.6 Å². The van der Waals surface area contributed by atoms with Gasteiger partial charge in [0.25, 0.3) is 8.53 Å². The van der Waals surface area contributed by atoms with Gasteiger partial charge < -0.3 is 61.0 Å². The summed E-state index contributed by atoms with van der Waals surface area (Å²) < 4.78 is 47.8. The lowest BCUT2D eigenvalue weighted by molar-refractivity contribution is 0.167. The van der Waals surface area contributed by atoms with Gasteiger partial charge in [-0.3, -0.25) is 0 Å². The SMILES string of the molecule is CP(O)OCc1ccc(COC(=O)Cl)cc1.OCc1ccc(CO)cc1.[C-]#[N+]CCOP(C)OCc1ccc(CO[Si](C)(C)C(C)(C)C)cc1.[C-]#[N+]CCOP(OCc1ccc(CO[Si](C)(C)C(C)(C)C)cc1)N(C(C)C)C(C)C. The second kappa shape index (κ2) is 39.4. The highest BCUT2D eigenvalue weighted by Gasteiger charge is 2.38. The van der Waals surface area contributed by atoms with Gasteiger partial charge in [-0.1, -0.05) is 139 Å². The van der Waals surface area contributed by atoms with E-state index in [1.807, 2.05) is 30.9 Å². The molecular weight excluding hydrogens is 1130 g/mol. The molecule has 446 valence electrons. The lowest BCUT2D eigenvalue weighted by Gasteiger charge is -2.36. The van der Waals surface area contributed by atoms with Crippen molar-refractivity contribution < 1.29 is 56.1 Å². The molecule has 4 aromatic carbocycles. The van der Waals surface area contributed by atoms with Gasteiger partial charge in [0.05, 0.1) is 46.2 Å². The molecule has 80 heavy (non-hydrogen) atoms. The molecule has 0 amide bonds. The molecular formula is C59H93ClN3O12P3Si2. The molecule has 0 radical (unpaired) electrons. The van der Waals surface area contributed by atoms with Crippen LogP contribution in [0.25, 0.3) is 9.69 Å². The summed E-state index contributed by atoms with van der Waals surface area (Å²) in [5, 5.41) is 17.7. The van der Waals surface area contributed by atoms with E-state index in [-0.39, 0.29) is 29.9 Å². The summed E-state index contributed by atoms with van der Waals surface area (Å²) in [6.07, 6.45) is 0. The topological polar surface area (TPSA) is 164 Å². The van der Waals surface area contributed by atoms with Crippen LogP contribution in [-0.4, -0.2) is 93.6 Å². The number of carbonyl (C=O) groups is 1. The van der Waals surface area contributed by atoms with Gasteiger partial charge in [-0.2, -0.15) is 0 Å². The summed E-state index contributed by atoms with van der Waals surface area (Å²) in [7, 11) is -6.92. The number of halogens is 1. The van der Waals surface area contributed by atoms with E-state index in [0.717, 1.165) is 33.4 Å². The van der Waals surface area contributed by atoms with Crippen molar-refractivity contribution >= 4 is 58.9 Å². The minimum Gasteiger partial charge on any atom is -0.449 e. The monoisotopic (exact) mass is 1220 g/mol. The Morgan fingerprint density at radius 1 is 0.537 bits per heavy atom. The van der Waals surface area contributed by atoms with E-state index < -0.39 is 47.3 Å². The van der Waals surface area contributed by atoms with E-state index in [9.17, 15) is 4.79 Å². The van der Waals surface area contributed by atoms with Crippen LogP contribution < -0.4 is 0 Å². The molecule has 4 rings (SSSR count). The quantitative estimate of drug-likeness (QED) is 0.0162. The number of ether oxygens (including phenoxy) is 1. The summed E-state index contributed by atoms with van der Waals surface area (Å²) in [5.41, 5.74) is 7.33. The van der Waals surface area contributed by atoms with Crippen LogP contribution in [0.4, 0.5) is 4.79 Å². The normalized spacial score (nSPS) is 12.9. The third-order valence-corrected chi connectivity index (χ3v) is 25.6. The molecule has 0 aliphatic rings. The van der Waals surface area contributed by atoms with Gasteiger partial charge in [-0.15, -0.1) is 0 Å². The Morgan fingerprint density at radius 2 is 0.850 bits per heavy atom. The average Bonchev–Trinajstić information content (AvgIpc) is 3.40. The molecule has 0 aliphatic carbocycles. The molecule has 3 N–H and O–H groups in total. The van der Waals surface area contributed by atoms with Crippen LogP contribution >= 0.6 is 36.9 Å². The minimum atomic E-state index is -1.75. The van der Waals surface area contributed by atoms with E-state index in [2.05, 4.69) is 163 Å². The molecule has 0 heterocycles. The summed E-state index contributed by atoms with van der Waals surface area (Å²) in [5.74, 6) is 0. The van der Waals surface area contributed by atoms with Crippen molar-refractivity contribution in [3.8, 4) is 0 Å². The van der Waals surface area contributed by atoms with Gasteiger partial charge in [0, 0.05) is 37.0 Å². The largest absolute Gasteiger partial charge is 0.449 e. The zero-order valence-corrected chi connectivity index (χ0v) is 55.9. The first kappa shape index (κ1) is 74.9. The Bertz CT molecular complexity index is 2350. The van der Waals surface area contributed by atoms with Gasteiger partial charge in [0.1, 0.15) is 19.8 Å². The first-order valence-electron chi connectivity index (χ1n) is 26.7. The standard InChI is InChI=1S/C23H41N2O3PSi.C18H30NO3PSi.C10H12ClO4P.C8H10O2/c1-19(2)25(20(3)4)29(26-16-15-24-8)27-17-21-11-13-22(14-12-21)18-28-30(9,10)23(5,6)7;1-18(2,3)24(6,7)22-15-17-10-8-16(9-11-17)14-21-23(5)20-13-12-19-4;1-16(13)15-7-9-4-2-8(3-5-9)6-14-10(11)12;9-5-7-1-2-8(6-10)4-3-7/h11-14,19-20H,15-18H2,1-7,9-10H3;8-11H,12-15H2,1-3,5-7H3;2-5,13H,6-7H2,1H3;1-4,9-10H,5-6H2. The maximum atomic E-state index is 10.4. The van der Waals surface area contributed by atoms with Crippen molar-refractivity contribution in [1.29, 1.82) is 0 Å². The van der Waals surface area contributed by atoms with E-state index in [4.69, 9.17) is 71.3 Å². The summed E-state index contributed by atoms with van der Waals surface area (Å²) >= 11 is 5.04. The van der Waals surface area contributed by atoms with Crippen LogP contribution in [0.5, 0.6) is 0 Å². The fourth-order valence-electron chi connectivity index (χ4n) is 6.07. The highest BCUT2D eigenvalue weighted by atomic mass is 35.5. The van der Waals surface area contributed by atoms with Gasteiger partial charge in [0.2, 0.25) is 13.1 Å². The van der Waals surface area contributed by atoms with Crippen molar-refractivity contribution in [3.63, 3.8) is 0 Å². The predicted octanol–water partition coefficient (Wildman–Crippen LogP) is 16.3. The Labute approximate surface area is 491 Å². The fourth-order valence-corrected chi connectivity index (χ4v) is 10.7. The Kier molecular flexibility index (Phi) is 36.9. The molecule has 21 heteroatoms. The second-order valence-corrected chi connectivity index (χ2v) is 36.1. The number of hydrogen-bond donors (Lipinski definition) is 3. The van der Waals surface area contributed by atoms with Crippen molar-refractivity contribution in [2.24, 2.45) is 0 Å². The van der Waals surface area contributed by atoms with Crippen LogP contribution in [0.2, 0.25) is 36.3 Å². The lowest BCUT2D eigenvalue weighted by atomic mass is 10.1. The Balaban J connectivity index is 0.000000569. The van der Waals surface area contributed by atoms with Crippen molar-refractivity contribution in [2.75, 3.05) is 39.6 Å². The van der Waals surface area contributed by atoms with Crippen molar-refractivity contribution in [1.82, 2.24) is 4.67 Å². The number of hydrogen-bond acceptors (Lipinski definition) is 13. The maximum absolute atomic E-state index is 10.4. The molecule has 0 aromatic heterocycles. The highest BCUT2D eigenvalue weighted by Crippen LogP contribution is 2.47. The summed E-state index contributed by atoms with van der Waals surface area (Å²) in [6, 6.07) is 31.9. The number of carbonyl (C=O) groups excluding carboxylic acids is 1. The molecule has 0 saturated carbocycles. The molecule has 0 bridgehead atoms. The molecule has 4 aromatic rings. The molecule has 0 spiro atoms. The van der Waals surface area contributed by atoms with Gasteiger partial charge in [0.15, 0.2) is 33.4 Å². The zero-order valence-electron chi connectivity index (χ0n) is 50.5. The first-order valence-corrected chi connectivity index (χ1v) is 37.3. The zero-order chi connectivity index (χ0) is 60.5. The number of nitrogens with zero attached hydrogens (tertiary/aromatic N) is 3. The first-order chi connectivity index (χ1) is 37.5. The van der Waals surface area contributed by atoms with E-state index in [1.165, 1.54) is 11.1 Å². The molecule has 15 nitrogen and oxygen atoms in total. The van der Waals surface area contributed by atoms with Crippen LogP contribution in [0, 0.1) is 13.1 Å². The molecule has 0 saturated heterocycles. The van der Waals surface area contributed by atoms with Crippen LogP contribution in [-0.2, 0) is 89.1 Å². The predicted molar refractivity (Wildman–Crippen MR) is 334 cm³/mol. The smallest absolute Gasteiger partial charge is 0.404 e. The van der Waals surface area contributed by atoms with Gasteiger partial charge >= 0.3 is 5.43 Å². The highest BCUT2D eigenvalue weighted by molar-refractivity contribution is 7.46. The molecule has 0 aliphatic heterocycles. The number of rotatable bonds is 28. The molecule has 3 unspecified atom stereocenters. The fraction of sp³-hybridized carbons (Fsp3) is 0.542. The van der Waals surface area contributed by atoms with Gasteiger partial charge in [-0.05, 0) is 108 Å². The van der Waals surface area contributed by atoms with Crippen LogP contribution in [0.3, 0.4) is 0 Å². The van der Waals surface area contributed by atoms with Crippen molar-refractivity contribution in [2.45, 2.75) is 170 Å². The molecule has 3 atom stereocenters. The lowest BCUT2D eigenvalue weighted by Crippen LogP contribution is -2.40. The third-order valence-electron chi connectivity index (χ3n) is 12.9.